The Hall–Kier alpha value is -3.53. The lowest BCUT2D eigenvalue weighted by Crippen LogP contribution is -2.50. The van der Waals surface area contributed by atoms with E-state index in [2.05, 4.69) is 21.9 Å². The number of methoxy groups -OCH3 is 1. The highest BCUT2D eigenvalue weighted by molar-refractivity contribution is 7.12. The zero-order valence-electron chi connectivity index (χ0n) is 19.8. The van der Waals surface area contributed by atoms with Crippen molar-refractivity contribution in [3.63, 3.8) is 0 Å². The number of hydrogen-bond acceptors (Lipinski definition) is 7. The molecule has 0 spiro atoms. The zero-order chi connectivity index (χ0) is 25.0. The van der Waals surface area contributed by atoms with E-state index in [9.17, 15) is 14.4 Å². The summed E-state index contributed by atoms with van der Waals surface area (Å²) < 4.78 is 5.01. The van der Waals surface area contributed by atoms with Gasteiger partial charge in [0, 0.05) is 6.54 Å². The molecule has 0 bridgehead atoms. The molecule has 0 saturated carbocycles. The lowest BCUT2D eigenvalue weighted by atomic mass is 9.90. The number of ether oxygens (including phenoxy) is 1. The normalized spacial score (nSPS) is 18.1. The lowest BCUT2D eigenvalue weighted by molar-refractivity contribution is -0.145. The number of anilines is 1. The molecule has 3 rings (SSSR count). The van der Waals surface area contributed by atoms with Crippen LogP contribution in [0.3, 0.4) is 0 Å². The molecule has 0 aliphatic carbocycles. The Kier molecular flexibility index (Phi) is 7.83. The second-order valence-electron chi connectivity index (χ2n) is 8.35. The van der Waals surface area contributed by atoms with Crippen molar-refractivity contribution in [1.29, 1.82) is 0 Å². The number of piperidine rings is 1. The van der Waals surface area contributed by atoms with Crippen LogP contribution in [-0.2, 0) is 9.59 Å². The van der Waals surface area contributed by atoms with Crippen LogP contribution in [0, 0.1) is 19.8 Å². The Balaban J connectivity index is 1.77. The van der Waals surface area contributed by atoms with Crippen LogP contribution in [-0.4, -0.2) is 52.3 Å². The minimum atomic E-state index is -0.827. The number of nitrogens with zero attached hydrogens (tertiary/aromatic N) is 3. The topological polar surface area (TPSA) is 128 Å². The van der Waals surface area contributed by atoms with Crippen molar-refractivity contribution in [2.24, 2.45) is 11.7 Å². The summed E-state index contributed by atoms with van der Waals surface area (Å²) in [5.41, 5.74) is 7.22. The minimum absolute atomic E-state index is 0.00401. The number of primary amides is 1. The minimum Gasteiger partial charge on any atom is -0.480 e. The maximum atomic E-state index is 13.1. The molecule has 2 atom stereocenters. The summed E-state index contributed by atoms with van der Waals surface area (Å²) in [6.07, 6.45) is 6.78. The van der Waals surface area contributed by atoms with E-state index >= 15 is 0 Å². The first kappa shape index (κ1) is 25.1. The van der Waals surface area contributed by atoms with Crippen molar-refractivity contribution in [2.45, 2.75) is 39.7 Å². The zero-order valence-corrected chi connectivity index (χ0v) is 20.6. The number of aryl methyl sites for hydroxylation is 2. The molecule has 9 nitrogen and oxygen atoms in total. The van der Waals surface area contributed by atoms with Crippen molar-refractivity contribution in [3.8, 4) is 5.88 Å². The van der Waals surface area contributed by atoms with Crippen molar-refractivity contribution in [2.75, 3.05) is 19.0 Å². The predicted molar refractivity (Wildman–Crippen MR) is 132 cm³/mol. The molecule has 1 aliphatic heterocycles. The van der Waals surface area contributed by atoms with Crippen LogP contribution in [0.2, 0.25) is 0 Å². The molecular formula is C24H29N5O4S. The van der Waals surface area contributed by atoms with E-state index in [0.717, 1.165) is 27.6 Å². The molecule has 2 aromatic rings. The first-order valence-electron chi connectivity index (χ1n) is 10.9. The van der Waals surface area contributed by atoms with Crippen LogP contribution in [0.5, 0.6) is 5.88 Å². The van der Waals surface area contributed by atoms with Crippen LogP contribution < -0.4 is 15.8 Å². The van der Waals surface area contributed by atoms with E-state index in [4.69, 9.17) is 10.5 Å². The first-order valence-corrected chi connectivity index (χ1v) is 11.7. The van der Waals surface area contributed by atoms with E-state index in [-0.39, 0.29) is 29.1 Å². The average Bonchev–Trinajstić information content (AvgIpc) is 3.13. The van der Waals surface area contributed by atoms with Crippen LogP contribution >= 0.6 is 11.3 Å². The second-order valence-corrected chi connectivity index (χ2v) is 9.58. The maximum absolute atomic E-state index is 13.1. The first-order chi connectivity index (χ1) is 16.1. The molecule has 3 heterocycles. The lowest BCUT2D eigenvalue weighted by Gasteiger charge is -2.38. The fraction of sp³-hybridized carbons (Fsp3) is 0.375. The number of thiazole rings is 1. The Morgan fingerprint density at radius 2 is 2.06 bits per heavy atom. The molecule has 0 aromatic carbocycles. The highest BCUT2D eigenvalue weighted by Crippen LogP contribution is 2.28. The molecule has 2 aromatic heterocycles. The number of nitrogens with two attached hydrogens (primary N) is 1. The fourth-order valence-electron chi connectivity index (χ4n) is 3.93. The number of carbonyl (C=O) groups excluding carboxylic acids is 3. The number of aromatic nitrogens is 2. The summed E-state index contributed by atoms with van der Waals surface area (Å²) in [7, 11) is 1.35. The Morgan fingerprint density at radius 3 is 2.68 bits per heavy atom. The fourth-order valence-corrected chi connectivity index (χ4v) is 4.76. The number of nitrogens with one attached hydrogen (secondary N) is 1. The predicted octanol–water partition coefficient (Wildman–Crippen LogP) is 3.10. The summed E-state index contributed by atoms with van der Waals surface area (Å²) in [5.74, 6) is -1.97. The molecular weight excluding hydrogens is 454 g/mol. The van der Waals surface area contributed by atoms with E-state index in [1.807, 2.05) is 32.9 Å². The summed E-state index contributed by atoms with van der Waals surface area (Å²) >= 11 is 1.59. The van der Waals surface area contributed by atoms with Gasteiger partial charge in [0.1, 0.15) is 5.56 Å². The molecule has 10 heteroatoms. The number of pyridine rings is 1. The van der Waals surface area contributed by atoms with Gasteiger partial charge in [-0.1, -0.05) is 19.6 Å². The number of rotatable bonds is 6. The van der Waals surface area contributed by atoms with Gasteiger partial charge in [0.2, 0.25) is 5.88 Å². The number of carbonyl (C=O) groups is 3. The Labute approximate surface area is 202 Å². The van der Waals surface area contributed by atoms with Gasteiger partial charge in [-0.3, -0.25) is 14.4 Å². The van der Waals surface area contributed by atoms with E-state index in [0.29, 0.717) is 13.0 Å². The van der Waals surface area contributed by atoms with Gasteiger partial charge < -0.3 is 20.7 Å². The molecule has 3 amide bonds. The molecule has 3 N–H and O–H groups in total. The van der Waals surface area contributed by atoms with Crippen molar-refractivity contribution in [3.05, 3.63) is 51.6 Å². The van der Waals surface area contributed by atoms with Gasteiger partial charge >= 0.3 is 11.8 Å². The van der Waals surface area contributed by atoms with Gasteiger partial charge in [-0.2, -0.15) is 0 Å². The Morgan fingerprint density at radius 1 is 1.32 bits per heavy atom. The summed E-state index contributed by atoms with van der Waals surface area (Å²) in [6, 6.07) is 1.03. The molecule has 180 valence electrons. The molecule has 1 saturated heterocycles. The smallest absolute Gasteiger partial charge is 0.313 e. The SMILES string of the molecule is C=C(/C=C\c1sc(C)nc1C)[C@@H]1CC[C@@H](C)CN1C(=O)C(=O)Nc1cnc(OC)c(C(N)=O)c1. The molecule has 1 fully saturated rings. The van der Waals surface area contributed by atoms with Crippen LogP contribution in [0.15, 0.2) is 30.5 Å². The third-order valence-corrected chi connectivity index (χ3v) is 6.69. The highest BCUT2D eigenvalue weighted by atomic mass is 32.1. The number of amides is 3. The van der Waals surface area contributed by atoms with E-state index in [1.54, 1.807) is 16.2 Å². The second kappa shape index (κ2) is 10.6. The van der Waals surface area contributed by atoms with Crippen molar-refractivity contribution >= 4 is 40.8 Å². The van der Waals surface area contributed by atoms with Gasteiger partial charge in [-0.05, 0) is 50.3 Å². The summed E-state index contributed by atoms with van der Waals surface area (Å²) in [4.78, 5) is 48.6. The third kappa shape index (κ3) is 5.69. The Bertz CT molecular complexity index is 1160. The van der Waals surface area contributed by atoms with Crippen LogP contribution in [0.1, 0.15) is 45.7 Å². The van der Waals surface area contributed by atoms with Gasteiger partial charge in [-0.15, -0.1) is 11.3 Å². The monoisotopic (exact) mass is 483 g/mol. The van der Waals surface area contributed by atoms with Gasteiger partial charge in [0.25, 0.3) is 5.91 Å². The maximum Gasteiger partial charge on any atom is 0.313 e. The molecule has 1 aliphatic rings. The largest absolute Gasteiger partial charge is 0.480 e. The van der Waals surface area contributed by atoms with Crippen molar-refractivity contribution < 1.29 is 19.1 Å². The quantitative estimate of drug-likeness (QED) is 0.480. The van der Waals surface area contributed by atoms with Gasteiger partial charge in [0.05, 0.1) is 40.6 Å². The van der Waals surface area contributed by atoms with Crippen LogP contribution in [0.4, 0.5) is 5.69 Å². The number of hydrogen-bond donors (Lipinski definition) is 2. The van der Waals surface area contributed by atoms with Gasteiger partial charge in [0.15, 0.2) is 0 Å². The van der Waals surface area contributed by atoms with E-state index in [1.165, 1.54) is 19.4 Å². The van der Waals surface area contributed by atoms with Gasteiger partial charge in [-0.25, -0.2) is 9.97 Å². The van der Waals surface area contributed by atoms with Crippen molar-refractivity contribution in [1.82, 2.24) is 14.9 Å². The number of likely N-dealkylation sites (tertiary alicyclic amines) is 1. The highest BCUT2D eigenvalue weighted by Gasteiger charge is 2.34. The average molecular weight is 484 g/mol. The molecule has 34 heavy (non-hydrogen) atoms. The van der Waals surface area contributed by atoms with Crippen LogP contribution in [0.25, 0.3) is 6.08 Å². The molecule has 0 radical (unpaired) electrons. The summed E-state index contributed by atoms with van der Waals surface area (Å²) in [5, 5.41) is 3.50. The summed E-state index contributed by atoms with van der Waals surface area (Å²) in [6.45, 7) is 10.6. The standard InChI is InChI=1S/C24H29N5O4S/c1-13-6-8-19(14(2)7-9-20-15(3)27-16(4)34-20)29(12-13)24(32)22(31)28-17-10-18(21(25)30)23(33-5)26-11-17/h7,9-11,13,19H,2,6,8,12H2,1,3-5H3,(H2,25,30)(H,28,31)/b9-7-/t13-,19+/m1/s1. The molecule has 0 unspecified atom stereocenters. The van der Waals surface area contributed by atoms with E-state index < -0.39 is 17.7 Å². The third-order valence-electron chi connectivity index (χ3n) is 5.66.